The van der Waals surface area contributed by atoms with Gasteiger partial charge in [0.05, 0.1) is 19.9 Å². The molecule has 2 aromatic carbocycles. The average molecular weight is 434 g/mol. The van der Waals surface area contributed by atoms with Crippen LogP contribution in [0.2, 0.25) is 0 Å². The van der Waals surface area contributed by atoms with E-state index in [0.29, 0.717) is 42.2 Å². The lowest BCUT2D eigenvalue weighted by Crippen LogP contribution is -2.28. The molecule has 0 unspecified atom stereocenters. The van der Waals surface area contributed by atoms with Gasteiger partial charge in [0.2, 0.25) is 5.88 Å². The van der Waals surface area contributed by atoms with Crippen molar-refractivity contribution in [1.29, 1.82) is 0 Å². The number of aryl methyl sites for hydroxylation is 3. The predicted molar refractivity (Wildman–Crippen MR) is 121 cm³/mol. The topological polar surface area (TPSA) is 79.7 Å². The number of hydrogen-bond donors (Lipinski definition) is 0. The van der Waals surface area contributed by atoms with Crippen molar-refractivity contribution in [2.45, 2.75) is 40.2 Å². The maximum absolute atomic E-state index is 12.8. The molecule has 1 aliphatic rings. The Morgan fingerprint density at radius 2 is 1.69 bits per heavy atom. The van der Waals surface area contributed by atoms with Crippen LogP contribution in [0.4, 0.5) is 0 Å². The Bertz CT molecular complexity index is 1250. The van der Waals surface area contributed by atoms with Gasteiger partial charge in [-0.2, -0.15) is 4.98 Å². The maximum Gasteiger partial charge on any atom is 0.351 e. The fraction of sp³-hybridized carbons (Fsp3) is 0.320. The normalized spacial score (nSPS) is 12.0. The van der Waals surface area contributed by atoms with Gasteiger partial charge in [-0.3, -0.25) is 9.36 Å². The molecule has 166 valence electrons. The molecule has 0 N–H and O–H groups in total. The summed E-state index contributed by atoms with van der Waals surface area (Å²) in [4.78, 5) is 29.0. The summed E-state index contributed by atoms with van der Waals surface area (Å²) >= 11 is 0. The second kappa shape index (κ2) is 8.49. The van der Waals surface area contributed by atoms with E-state index in [1.165, 1.54) is 0 Å². The minimum Gasteiger partial charge on any atom is -0.493 e. The van der Waals surface area contributed by atoms with Crippen LogP contribution in [0.15, 0.2) is 35.1 Å². The van der Waals surface area contributed by atoms with E-state index >= 15 is 0 Å². The lowest BCUT2D eigenvalue weighted by Gasteiger charge is -2.23. The Labute approximate surface area is 186 Å². The third-order valence-corrected chi connectivity index (χ3v) is 5.79. The zero-order valence-electron chi connectivity index (χ0n) is 18.9. The number of aromatic nitrogens is 2. The quantitative estimate of drug-likeness (QED) is 0.532. The van der Waals surface area contributed by atoms with Gasteiger partial charge in [0.1, 0.15) is 5.75 Å². The Balaban J connectivity index is 1.78. The van der Waals surface area contributed by atoms with E-state index < -0.39 is 0 Å². The molecule has 0 atom stereocenters. The van der Waals surface area contributed by atoms with Crippen LogP contribution in [0.3, 0.4) is 0 Å². The molecule has 7 nitrogen and oxygen atoms in total. The SMILES string of the molecule is CCC(=O)c1cc(C)c(Oc2cc3n(c(=O)n2)CCc2cc(OC)c(OC)cc2-3)c(C)c1. The number of ketones is 1. The van der Waals surface area contributed by atoms with Gasteiger partial charge in [0.15, 0.2) is 17.3 Å². The van der Waals surface area contributed by atoms with Gasteiger partial charge in [-0.05, 0) is 61.2 Å². The zero-order valence-corrected chi connectivity index (χ0v) is 18.9. The molecule has 1 aliphatic heterocycles. The van der Waals surface area contributed by atoms with Crippen molar-refractivity contribution in [1.82, 2.24) is 9.55 Å². The molecule has 32 heavy (non-hydrogen) atoms. The number of carbonyl (C=O) groups excluding carboxylic acids is 1. The molecule has 0 spiro atoms. The van der Waals surface area contributed by atoms with Gasteiger partial charge in [-0.15, -0.1) is 0 Å². The fourth-order valence-corrected chi connectivity index (χ4v) is 4.16. The van der Waals surface area contributed by atoms with Crippen molar-refractivity contribution in [2.75, 3.05) is 14.2 Å². The average Bonchev–Trinajstić information content (AvgIpc) is 2.79. The zero-order chi connectivity index (χ0) is 23.0. The van der Waals surface area contributed by atoms with Crippen LogP contribution >= 0.6 is 0 Å². The third kappa shape index (κ3) is 3.75. The number of carbonyl (C=O) groups is 1. The van der Waals surface area contributed by atoms with E-state index in [0.717, 1.165) is 27.9 Å². The summed E-state index contributed by atoms with van der Waals surface area (Å²) in [5, 5.41) is 0. The maximum atomic E-state index is 12.8. The number of rotatable bonds is 6. The Morgan fingerprint density at radius 3 is 2.31 bits per heavy atom. The van der Waals surface area contributed by atoms with Gasteiger partial charge < -0.3 is 14.2 Å². The summed E-state index contributed by atoms with van der Waals surface area (Å²) in [6, 6.07) is 9.22. The van der Waals surface area contributed by atoms with Crippen molar-refractivity contribution in [3.63, 3.8) is 0 Å². The van der Waals surface area contributed by atoms with E-state index in [9.17, 15) is 9.59 Å². The molecule has 0 saturated heterocycles. The number of methoxy groups -OCH3 is 2. The molecule has 0 bridgehead atoms. The summed E-state index contributed by atoms with van der Waals surface area (Å²) in [5.41, 5.74) is 4.58. The monoisotopic (exact) mass is 434 g/mol. The van der Waals surface area contributed by atoms with Gasteiger partial charge in [0, 0.05) is 30.2 Å². The van der Waals surface area contributed by atoms with Crippen LogP contribution in [-0.4, -0.2) is 29.6 Å². The summed E-state index contributed by atoms with van der Waals surface area (Å²) < 4.78 is 18.6. The third-order valence-electron chi connectivity index (χ3n) is 5.79. The van der Waals surface area contributed by atoms with Crippen molar-refractivity contribution < 1.29 is 19.0 Å². The van der Waals surface area contributed by atoms with Gasteiger partial charge in [0.25, 0.3) is 0 Å². The lowest BCUT2D eigenvalue weighted by atomic mass is 9.97. The van der Waals surface area contributed by atoms with Crippen molar-refractivity contribution in [3.8, 4) is 34.4 Å². The van der Waals surface area contributed by atoms with E-state index in [4.69, 9.17) is 14.2 Å². The predicted octanol–water partition coefficient (Wildman–Crippen LogP) is 4.49. The van der Waals surface area contributed by atoms with E-state index in [1.807, 2.05) is 45.0 Å². The molecule has 3 aromatic rings. The number of Topliss-reactive ketones (excluding diaryl/α,β-unsaturated/α-hetero) is 1. The number of hydrogen-bond acceptors (Lipinski definition) is 6. The Morgan fingerprint density at radius 1 is 1.03 bits per heavy atom. The van der Waals surface area contributed by atoms with Gasteiger partial charge in [-0.1, -0.05) is 6.92 Å². The van der Waals surface area contributed by atoms with Crippen LogP contribution in [0.25, 0.3) is 11.3 Å². The van der Waals surface area contributed by atoms with E-state index in [1.54, 1.807) is 24.9 Å². The number of benzene rings is 2. The molecule has 4 rings (SSSR count). The molecular weight excluding hydrogens is 408 g/mol. The molecule has 7 heteroatoms. The molecule has 0 amide bonds. The van der Waals surface area contributed by atoms with Gasteiger partial charge in [-0.25, -0.2) is 4.79 Å². The first-order valence-corrected chi connectivity index (χ1v) is 10.6. The highest BCUT2D eigenvalue weighted by Gasteiger charge is 2.22. The fourth-order valence-electron chi connectivity index (χ4n) is 4.16. The molecule has 1 aromatic heterocycles. The summed E-state index contributed by atoms with van der Waals surface area (Å²) in [6.45, 7) is 6.12. The number of fused-ring (bicyclic) bond motifs is 3. The van der Waals surface area contributed by atoms with E-state index in [-0.39, 0.29) is 17.4 Å². The van der Waals surface area contributed by atoms with Crippen molar-refractivity contribution in [3.05, 3.63) is 63.1 Å². The Hall–Kier alpha value is -3.61. The minimum atomic E-state index is -0.369. The highest BCUT2D eigenvalue weighted by atomic mass is 16.5. The van der Waals surface area contributed by atoms with Crippen LogP contribution in [-0.2, 0) is 13.0 Å². The minimum absolute atomic E-state index is 0.0777. The smallest absolute Gasteiger partial charge is 0.351 e. The second-order valence-electron chi connectivity index (χ2n) is 7.85. The highest BCUT2D eigenvalue weighted by molar-refractivity contribution is 5.96. The Kier molecular flexibility index (Phi) is 5.74. The summed E-state index contributed by atoms with van der Waals surface area (Å²) in [6.07, 6.45) is 1.13. The molecular formula is C25H26N2O5. The van der Waals surface area contributed by atoms with Crippen molar-refractivity contribution in [2.24, 2.45) is 0 Å². The summed E-state index contributed by atoms with van der Waals surface area (Å²) in [7, 11) is 3.19. The van der Waals surface area contributed by atoms with E-state index in [2.05, 4.69) is 4.98 Å². The largest absolute Gasteiger partial charge is 0.493 e. The first-order chi connectivity index (χ1) is 15.4. The molecule has 0 radical (unpaired) electrons. The standard InChI is InChI=1S/C25H26N2O5/c1-6-20(28)17-9-14(2)24(15(3)10-17)32-23-13-19-18-12-22(31-5)21(30-4)11-16(18)7-8-27(19)25(29)26-23/h9-13H,6-8H2,1-5H3. The number of nitrogens with zero attached hydrogens (tertiary/aromatic N) is 2. The molecule has 2 heterocycles. The second-order valence-corrected chi connectivity index (χ2v) is 7.85. The molecule has 0 saturated carbocycles. The van der Waals surface area contributed by atoms with Gasteiger partial charge >= 0.3 is 5.69 Å². The first-order valence-electron chi connectivity index (χ1n) is 10.6. The first kappa shape index (κ1) is 21.6. The van der Waals surface area contributed by atoms with Crippen LogP contribution in [0.1, 0.15) is 40.4 Å². The van der Waals surface area contributed by atoms with Crippen LogP contribution in [0, 0.1) is 13.8 Å². The molecule has 0 aliphatic carbocycles. The summed E-state index contributed by atoms with van der Waals surface area (Å²) in [5.74, 6) is 2.13. The highest BCUT2D eigenvalue weighted by Crippen LogP contribution is 2.39. The van der Waals surface area contributed by atoms with Crippen LogP contribution in [0.5, 0.6) is 23.1 Å². The van der Waals surface area contributed by atoms with Crippen molar-refractivity contribution >= 4 is 5.78 Å². The number of ether oxygens (including phenoxy) is 3. The van der Waals surface area contributed by atoms with Crippen LogP contribution < -0.4 is 19.9 Å². The lowest BCUT2D eigenvalue weighted by molar-refractivity contribution is 0.0988. The molecule has 0 fully saturated rings.